The Balaban J connectivity index is 3.85. The number of nitrogens with one attached hydrogen (secondary N) is 1. The Labute approximate surface area is 63.8 Å². The SMILES string of the molecule is CSN[C@H](C(=O)O)C(C)O. The van der Waals surface area contributed by atoms with Crippen LogP contribution in [0.1, 0.15) is 6.92 Å². The van der Waals surface area contributed by atoms with E-state index in [1.807, 2.05) is 0 Å². The van der Waals surface area contributed by atoms with Crippen molar-refractivity contribution in [2.75, 3.05) is 6.26 Å². The van der Waals surface area contributed by atoms with Crippen LogP contribution >= 0.6 is 11.9 Å². The smallest absolute Gasteiger partial charge is 0.324 e. The summed E-state index contributed by atoms with van der Waals surface area (Å²) in [4.78, 5) is 10.3. The number of carboxylic acid groups (broad SMARTS) is 1. The van der Waals surface area contributed by atoms with Crippen LogP contribution in [-0.4, -0.2) is 34.6 Å². The maximum atomic E-state index is 10.3. The Hall–Kier alpha value is -0.260. The van der Waals surface area contributed by atoms with E-state index in [0.717, 1.165) is 0 Å². The standard InChI is InChI=1S/C5H11NO3S/c1-3(7)4(5(8)9)6-10-2/h3-4,6-7H,1-2H3,(H,8,9)/t3?,4-/m0/s1. The molecule has 0 aliphatic carbocycles. The molecule has 0 aliphatic heterocycles. The van der Waals surface area contributed by atoms with E-state index in [1.165, 1.54) is 18.9 Å². The van der Waals surface area contributed by atoms with Crippen molar-refractivity contribution in [3.8, 4) is 0 Å². The van der Waals surface area contributed by atoms with Crippen LogP contribution in [-0.2, 0) is 4.79 Å². The number of aliphatic hydroxyl groups excluding tert-OH is 1. The average molecular weight is 165 g/mol. The molecule has 10 heavy (non-hydrogen) atoms. The molecular formula is C5H11NO3S. The molecule has 5 heteroatoms. The number of rotatable bonds is 4. The third-order valence-electron chi connectivity index (χ3n) is 0.993. The van der Waals surface area contributed by atoms with Gasteiger partial charge in [-0.1, -0.05) is 11.9 Å². The van der Waals surface area contributed by atoms with E-state index in [1.54, 1.807) is 6.26 Å². The second kappa shape index (κ2) is 4.54. The second-order valence-corrected chi connectivity index (χ2v) is 2.52. The number of carboxylic acids is 1. The second-order valence-electron chi connectivity index (χ2n) is 1.88. The fraction of sp³-hybridized carbons (Fsp3) is 0.800. The minimum atomic E-state index is -1.04. The van der Waals surface area contributed by atoms with E-state index >= 15 is 0 Å². The Morgan fingerprint density at radius 2 is 2.20 bits per heavy atom. The zero-order valence-corrected chi connectivity index (χ0v) is 6.68. The molecule has 60 valence electrons. The zero-order valence-electron chi connectivity index (χ0n) is 5.87. The van der Waals surface area contributed by atoms with E-state index in [-0.39, 0.29) is 0 Å². The summed E-state index contributed by atoms with van der Waals surface area (Å²) in [7, 11) is 0. The van der Waals surface area contributed by atoms with Crippen molar-refractivity contribution in [2.45, 2.75) is 19.1 Å². The molecule has 0 aromatic heterocycles. The quantitative estimate of drug-likeness (QED) is 0.498. The molecule has 0 heterocycles. The number of hydrogen-bond acceptors (Lipinski definition) is 4. The minimum absolute atomic E-state index is 0.870. The van der Waals surface area contributed by atoms with Crippen LogP contribution in [0.3, 0.4) is 0 Å². The van der Waals surface area contributed by atoms with Gasteiger partial charge >= 0.3 is 5.97 Å². The highest BCUT2D eigenvalue weighted by atomic mass is 32.2. The predicted molar refractivity (Wildman–Crippen MR) is 39.8 cm³/mol. The van der Waals surface area contributed by atoms with Crippen molar-refractivity contribution < 1.29 is 15.0 Å². The maximum Gasteiger partial charge on any atom is 0.324 e. The Morgan fingerprint density at radius 3 is 2.30 bits per heavy atom. The lowest BCUT2D eigenvalue weighted by Gasteiger charge is -2.14. The molecule has 0 saturated carbocycles. The summed E-state index contributed by atoms with van der Waals surface area (Å²) in [6, 6.07) is -0.880. The summed E-state index contributed by atoms with van der Waals surface area (Å²) < 4.78 is 2.55. The van der Waals surface area contributed by atoms with Crippen LogP contribution in [0.4, 0.5) is 0 Å². The molecule has 0 amide bonds. The lowest BCUT2D eigenvalue weighted by molar-refractivity contribution is -0.141. The van der Waals surface area contributed by atoms with Crippen LogP contribution in [0.25, 0.3) is 0 Å². The fourth-order valence-electron chi connectivity index (χ4n) is 0.482. The van der Waals surface area contributed by atoms with E-state index in [9.17, 15) is 4.79 Å². The van der Waals surface area contributed by atoms with Gasteiger partial charge in [-0.3, -0.25) is 4.79 Å². The van der Waals surface area contributed by atoms with Gasteiger partial charge in [0.25, 0.3) is 0 Å². The van der Waals surface area contributed by atoms with Gasteiger partial charge in [0.2, 0.25) is 0 Å². The molecule has 0 rings (SSSR count). The summed E-state index contributed by atoms with van der Waals surface area (Å²) in [6.07, 6.45) is 0.836. The molecule has 0 aromatic carbocycles. The monoisotopic (exact) mass is 165 g/mol. The van der Waals surface area contributed by atoms with E-state index in [2.05, 4.69) is 4.72 Å². The van der Waals surface area contributed by atoms with Crippen molar-refractivity contribution in [2.24, 2.45) is 0 Å². The van der Waals surface area contributed by atoms with Gasteiger partial charge in [-0.2, -0.15) is 0 Å². The third-order valence-corrected chi connectivity index (χ3v) is 1.48. The van der Waals surface area contributed by atoms with Gasteiger partial charge in [0.1, 0.15) is 6.04 Å². The van der Waals surface area contributed by atoms with Gasteiger partial charge in [0, 0.05) is 0 Å². The molecule has 0 aliphatic rings. The fourth-order valence-corrected chi connectivity index (χ4v) is 1.03. The summed E-state index contributed by atoms with van der Waals surface area (Å²) >= 11 is 1.18. The first-order chi connectivity index (χ1) is 4.59. The van der Waals surface area contributed by atoms with E-state index < -0.39 is 18.1 Å². The molecule has 4 nitrogen and oxygen atoms in total. The Kier molecular flexibility index (Phi) is 4.42. The molecule has 0 radical (unpaired) electrons. The van der Waals surface area contributed by atoms with Crippen molar-refractivity contribution in [1.82, 2.24) is 4.72 Å². The van der Waals surface area contributed by atoms with Crippen LogP contribution in [0.15, 0.2) is 0 Å². The number of hydrogen-bond donors (Lipinski definition) is 3. The van der Waals surface area contributed by atoms with Gasteiger partial charge in [-0.15, -0.1) is 0 Å². The largest absolute Gasteiger partial charge is 0.480 e. The van der Waals surface area contributed by atoms with Gasteiger partial charge < -0.3 is 10.2 Å². The normalized spacial score (nSPS) is 16.3. The maximum absolute atomic E-state index is 10.3. The Bertz CT molecular complexity index is 117. The molecule has 3 N–H and O–H groups in total. The van der Waals surface area contributed by atoms with Crippen molar-refractivity contribution in [3.05, 3.63) is 0 Å². The lowest BCUT2D eigenvalue weighted by Crippen LogP contribution is -2.41. The van der Waals surface area contributed by atoms with Gasteiger partial charge in [0.15, 0.2) is 0 Å². The Morgan fingerprint density at radius 1 is 1.70 bits per heavy atom. The highest BCUT2D eigenvalue weighted by Crippen LogP contribution is 1.97. The molecule has 1 unspecified atom stereocenters. The highest BCUT2D eigenvalue weighted by Gasteiger charge is 2.21. The van der Waals surface area contributed by atoms with Gasteiger partial charge in [-0.25, -0.2) is 4.72 Å². The molecule has 0 fully saturated rings. The zero-order chi connectivity index (χ0) is 8.15. The number of aliphatic hydroxyl groups is 1. The van der Waals surface area contributed by atoms with E-state index in [4.69, 9.17) is 10.2 Å². The highest BCUT2D eigenvalue weighted by molar-refractivity contribution is 7.96. The average Bonchev–Trinajstić information content (AvgIpc) is 1.81. The van der Waals surface area contributed by atoms with Crippen LogP contribution in [0.2, 0.25) is 0 Å². The van der Waals surface area contributed by atoms with Crippen molar-refractivity contribution in [3.63, 3.8) is 0 Å². The molecule has 0 saturated heterocycles. The molecule has 0 aromatic rings. The van der Waals surface area contributed by atoms with Crippen molar-refractivity contribution in [1.29, 1.82) is 0 Å². The predicted octanol–water partition coefficient (Wildman–Crippen LogP) is -0.312. The van der Waals surface area contributed by atoms with Crippen LogP contribution in [0.5, 0.6) is 0 Å². The van der Waals surface area contributed by atoms with Crippen LogP contribution in [0, 0.1) is 0 Å². The summed E-state index contributed by atoms with van der Waals surface area (Å²) in [5.74, 6) is -1.04. The first kappa shape index (κ1) is 9.74. The van der Waals surface area contributed by atoms with Crippen LogP contribution < -0.4 is 4.72 Å². The first-order valence-corrected chi connectivity index (χ1v) is 4.01. The summed E-state index contributed by atoms with van der Waals surface area (Å²) in [5, 5.41) is 17.3. The number of aliphatic carboxylic acids is 1. The summed E-state index contributed by atoms with van der Waals surface area (Å²) in [5.41, 5.74) is 0. The molecule has 0 spiro atoms. The first-order valence-electron chi connectivity index (χ1n) is 2.79. The van der Waals surface area contributed by atoms with E-state index in [0.29, 0.717) is 0 Å². The third kappa shape index (κ3) is 3.05. The van der Waals surface area contributed by atoms with Gasteiger partial charge in [0.05, 0.1) is 6.10 Å². The van der Waals surface area contributed by atoms with Gasteiger partial charge in [-0.05, 0) is 13.2 Å². The lowest BCUT2D eigenvalue weighted by atomic mass is 10.2. The topological polar surface area (TPSA) is 69.6 Å². The molecule has 2 atom stereocenters. The van der Waals surface area contributed by atoms with Crippen molar-refractivity contribution >= 4 is 17.9 Å². The molecule has 0 bridgehead atoms. The summed E-state index contributed by atoms with van der Waals surface area (Å²) in [6.45, 7) is 1.43. The number of carbonyl (C=O) groups is 1. The molecular weight excluding hydrogens is 154 g/mol. The minimum Gasteiger partial charge on any atom is -0.480 e.